The van der Waals surface area contributed by atoms with Gasteiger partial charge < -0.3 is 5.11 Å². The van der Waals surface area contributed by atoms with Crippen molar-refractivity contribution in [2.45, 2.75) is 44.4 Å². The molecular formula is C15H17F3O. The van der Waals surface area contributed by atoms with Crippen LogP contribution in [0.5, 0.6) is 0 Å². The van der Waals surface area contributed by atoms with Crippen LogP contribution in [0.1, 0.15) is 42.4 Å². The van der Waals surface area contributed by atoms with Crippen LogP contribution in [0.15, 0.2) is 18.2 Å². The van der Waals surface area contributed by atoms with Gasteiger partial charge in [0.1, 0.15) is 0 Å². The molecule has 0 aliphatic heterocycles. The fourth-order valence-corrected chi connectivity index (χ4v) is 3.96. The van der Waals surface area contributed by atoms with Crippen molar-refractivity contribution in [1.29, 1.82) is 0 Å². The number of hydrogen-bond donors (Lipinski definition) is 1. The summed E-state index contributed by atoms with van der Waals surface area (Å²) in [6.45, 7) is 1.66. The highest BCUT2D eigenvalue weighted by atomic mass is 19.4. The smallest absolute Gasteiger partial charge is 0.385 e. The Bertz CT molecular complexity index is 509. The van der Waals surface area contributed by atoms with E-state index in [0.717, 1.165) is 31.4 Å². The molecule has 19 heavy (non-hydrogen) atoms. The molecule has 3 unspecified atom stereocenters. The highest BCUT2D eigenvalue weighted by Gasteiger charge is 2.51. The summed E-state index contributed by atoms with van der Waals surface area (Å²) in [6.07, 6.45) is -0.476. The van der Waals surface area contributed by atoms with Gasteiger partial charge in [0, 0.05) is 0 Å². The Morgan fingerprint density at radius 3 is 2.47 bits per heavy atom. The summed E-state index contributed by atoms with van der Waals surface area (Å²) in [7, 11) is 0. The monoisotopic (exact) mass is 270 g/mol. The molecule has 2 aliphatic rings. The molecule has 3 atom stereocenters. The van der Waals surface area contributed by atoms with Crippen LogP contribution in [-0.4, -0.2) is 5.11 Å². The Kier molecular flexibility index (Phi) is 2.72. The van der Waals surface area contributed by atoms with E-state index < -0.39 is 17.3 Å². The Balaban J connectivity index is 1.98. The van der Waals surface area contributed by atoms with E-state index in [-0.39, 0.29) is 5.92 Å². The molecule has 1 N–H and O–H groups in total. The fourth-order valence-electron chi connectivity index (χ4n) is 3.96. The van der Waals surface area contributed by atoms with Crippen LogP contribution in [0.2, 0.25) is 0 Å². The SMILES string of the molecule is Cc1cc(C(F)(F)F)ccc1C1(O)CC2CCC1C2. The van der Waals surface area contributed by atoms with Crippen molar-refractivity contribution in [3.05, 3.63) is 34.9 Å². The van der Waals surface area contributed by atoms with E-state index in [0.29, 0.717) is 23.5 Å². The first-order chi connectivity index (χ1) is 8.80. The Morgan fingerprint density at radius 2 is 2.00 bits per heavy atom. The minimum Gasteiger partial charge on any atom is -0.385 e. The Labute approximate surface area is 110 Å². The van der Waals surface area contributed by atoms with E-state index in [1.54, 1.807) is 6.92 Å². The Hall–Kier alpha value is -1.03. The summed E-state index contributed by atoms with van der Waals surface area (Å²) in [5.74, 6) is 0.754. The molecule has 2 aliphatic carbocycles. The molecule has 4 heteroatoms. The lowest BCUT2D eigenvalue weighted by Crippen LogP contribution is -2.33. The molecule has 3 rings (SSSR count). The topological polar surface area (TPSA) is 20.2 Å². The van der Waals surface area contributed by atoms with Crippen LogP contribution in [0.4, 0.5) is 13.2 Å². The summed E-state index contributed by atoms with van der Waals surface area (Å²) in [5, 5.41) is 10.8. The summed E-state index contributed by atoms with van der Waals surface area (Å²) < 4.78 is 38.0. The number of rotatable bonds is 1. The van der Waals surface area contributed by atoms with Crippen molar-refractivity contribution < 1.29 is 18.3 Å². The van der Waals surface area contributed by atoms with E-state index in [9.17, 15) is 18.3 Å². The third-order valence-electron chi connectivity index (χ3n) is 4.84. The van der Waals surface area contributed by atoms with Crippen LogP contribution in [-0.2, 0) is 11.8 Å². The van der Waals surface area contributed by atoms with Crippen molar-refractivity contribution in [3.8, 4) is 0 Å². The number of benzene rings is 1. The first-order valence-corrected chi connectivity index (χ1v) is 6.71. The molecule has 2 fully saturated rings. The van der Waals surface area contributed by atoms with Crippen LogP contribution < -0.4 is 0 Å². The van der Waals surface area contributed by atoms with Gasteiger partial charge in [0.15, 0.2) is 0 Å². The second-order valence-electron chi connectivity index (χ2n) is 6.03. The van der Waals surface area contributed by atoms with E-state index >= 15 is 0 Å². The third-order valence-corrected chi connectivity index (χ3v) is 4.84. The molecule has 0 heterocycles. The largest absolute Gasteiger partial charge is 0.416 e. The highest BCUT2D eigenvalue weighted by Crippen LogP contribution is 2.56. The third kappa shape index (κ3) is 1.97. The molecule has 104 valence electrons. The second kappa shape index (κ2) is 3.98. The zero-order chi connectivity index (χ0) is 13.8. The van der Waals surface area contributed by atoms with Crippen LogP contribution in [0.3, 0.4) is 0 Å². The lowest BCUT2D eigenvalue weighted by molar-refractivity contribution is -0.137. The molecule has 1 aromatic rings. The molecule has 0 amide bonds. The van der Waals surface area contributed by atoms with Gasteiger partial charge >= 0.3 is 6.18 Å². The number of fused-ring (bicyclic) bond motifs is 2. The molecule has 1 aromatic carbocycles. The van der Waals surface area contributed by atoms with Gasteiger partial charge in [0.05, 0.1) is 11.2 Å². The highest BCUT2D eigenvalue weighted by molar-refractivity contribution is 5.38. The first-order valence-electron chi connectivity index (χ1n) is 6.71. The fraction of sp³-hybridized carbons (Fsp3) is 0.600. The van der Waals surface area contributed by atoms with Gasteiger partial charge in [-0.2, -0.15) is 13.2 Å². The zero-order valence-electron chi connectivity index (χ0n) is 10.8. The molecule has 0 aromatic heterocycles. The van der Waals surface area contributed by atoms with Gasteiger partial charge in [-0.3, -0.25) is 0 Å². The maximum atomic E-state index is 12.7. The van der Waals surface area contributed by atoms with Crippen molar-refractivity contribution in [1.82, 2.24) is 0 Å². The maximum absolute atomic E-state index is 12.7. The average molecular weight is 270 g/mol. The van der Waals surface area contributed by atoms with Crippen molar-refractivity contribution in [3.63, 3.8) is 0 Å². The summed E-state index contributed by atoms with van der Waals surface area (Å²) in [4.78, 5) is 0. The predicted molar refractivity (Wildman–Crippen MR) is 65.5 cm³/mol. The minimum absolute atomic E-state index is 0.216. The standard InChI is InChI=1S/C15H17F3O/c1-9-6-12(15(16,17)18)4-5-13(9)14(19)8-10-2-3-11(14)7-10/h4-6,10-11,19H,2-3,7-8H2,1H3. The molecule has 2 saturated carbocycles. The zero-order valence-corrected chi connectivity index (χ0v) is 10.8. The van der Waals surface area contributed by atoms with Crippen LogP contribution in [0.25, 0.3) is 0 Å². The molecular weight excluding hydrogens is 253 g/mol. The van der Waals surface area contributed by atoms with E-state index in [2.05, 4.69) is 0 Å². The van der Waals surface area contributed by atoms with Crippen LogP contribution >= 0.6 is 0 Å². The molecule has 0 saturated heterocycles. The van der Waals surface area contributed by atoms with Gasteiger partial charge in [-0.05, 0) is 67.7 Å². The normalized spacial score (nSPS) is 33.9. The van der Waals surface area contributed by atoms with Crippen LogP contribution in [0, 0.1) is 18.8 Å². The van der Waals surface area contributed by atoms with E-state index in [1.807, 2.05) is 0 Å². The van der Waals surface area contributed by atoms with E-state index in [1.165, 1.54) is 6.07 Å². The molecule has 1 nitrogen and oxygen atoms in total. The lowest BCUT2D eigenvalue weighted by atomic mass is 9.77. The summed E-state index contributed by atoms with van der Waals surface area (Å²) in [6, 6.07) is 3.71. The number of alkyl halides is 3. The van der Waals surface area contributed by atoms with E-state index in [4.69, 9.17) is 0 Å². The molecule has 0 spiro atoms. The lowest BCUT2D eigenvalue weighted by Gasteiger charge is -2.34. The second-order valence-corrected chi connectivity index (χ2v) is 6.03. The van der Waals surface area contributed by atoms with Crippen molar-refractivity contribution in [2.24, 2.45) is 11.8 Å². The Morgan fingerprint density at radius 1 is 1.26 bits per heavy atom. The predicted octanol–water partition coefficient (Wildman–Crippen LogP) is 4.02. The van der Waals surface area contributed by atoms with Gasteiger partial charge in [0.25, 0.3) is 0 Å². The van der Waals surface area contributed by atoms with Gasteiger partial charge in [-0.15, -0.1) is 0 Å². The van der Waals surface area contributed by atoms with Crippen molar-refractivity contribution >= 4 is 0 Å². The van der Waals surface area contributed by atoms with Gasteiger partial charge in [-0.1, -0.05) is 6.07 Å². The van der Waals surface area contributed by atoms with Gasteiger partial charge in [0.2, 0.25) is 0 Å². The number of aliphatic hydroxyl groups is 1. The maximum Gasteiger partial charge on any atom is 0.416 e. The molecule has 2 bridgehead atoms. The quantitative estimate of drug-likeness (QED) is 0.817. The average Bonchev–Trinajstić information content (AvgIpc) is 2.87. The summed E-state index contributed by atoms with van der Waals surface area (Å²) in [5.41, 5.74) is -0.310. The van der Waals surface area contributed by atoms with Crippen molar-refractivity contribution in [2.75, 3.05) is 0 Å². The number of hydrogen-bond acceptors (Lipinski definition) is 1. The van der Waals surface area contributed by atoms with Gasteiger partial charge in [-0.25, -0.2) is 0 Å². The number of halogens is 3. The number of aryl methyl sites for hydroxylation is 1. The summed E-state index contributed by atoms with van der Waals surface area (Å²) >= 11 is 0. The first kappa shape index (κ1) is 13.0. The minimum atomic E-state index is -4.32. The molecule has 0 radical (unpaired) electrons.